The van der Waals surface area contributed by atoms with Crippen molar-refractivity contribution in [1.29, 1.82) is 0 Å². The number of fused-ring (bicyclic) bond motifs is 1. The number of Topliss-reactive ketones (excluding diaryl/α,β-unsaturated/α-hetero) is 1. The molecule has 1 aliphatic heterocycles. The Morgan fingerprint density at radius 1 is 1.25 bits per heavy atom. The van der Waals surface area contributed by atoms with Crippen LogP contribution in [0.1, 0.15) is 43.2 Å². The van der Waals surface area contributed by atoms with Gasteiger partial charge in [0.2, 0.25) is 0 Å². The third kappa shape index (κ3) is 0.753. The van der Waals surface area contributed by atoms with Crippen molar-refractivity contribution in [1.82, 2.24) is 0 Å². The molecule has 3 nitrogen and oxygen atoms in total. The molecule has 1 heterocycles. The lowest BCUT2D eigenvalue weighted by atomic mass is 9.48. The average molecular weight is 268 g/mol. The molecule has 6 aliphatic rings. The molecule has 102 valence electrons. The lowest BCUT2D eigenvalue weighted by Gasteiger charge is -2.53. The number of hydrogen-bond acceptors (Lipinski definition) is 3. The van der Waals surface area contributed by atoms with Crippen molar-refractivity contribution >= 4 is 5.78 Å². The summed E-state index contributed by atoms with van der Waals surface area (Å²) < 4.78 is 6.03. The van der Waals surface area contributed by atoms with E-state index in [2.05, 4.69) is 6.07 Å². The highest BCUT2D eigenvalue weighted by Gasteiger charge is 2.77. The van der Waals surface area contributed by atoms with Crippen LogP contribution < -0.4 is 4.74 Å². The van der Waals surface area contributed by atoms with E-state index in [4.69, 9.17) is 4.74 Å². The molecule has 1 aromatic carbocycles. The van der Waals surface area contributed by atoms with Crippen LogP contribution in [0.15, 0.2) is 12.1 Å². The van der Waals surface area contributed by atoms with Crippen LogP contribution in [0.25, 0.3) is 0 Å². The van der Waals surface area contributed by atoms with Gasteiger partial charge in [0, 0.05) is 17.4 Å². The lowest BCUT2D eigenvalue weighted by molar-refractivity contribution is -0.135. The van der Waals surface area contributed by atoms with Crippen LogP contribution in [-0.4, -0.2) is 17.0 Å². The number of phenols is 1. The monoisotopic (exact) mass is 268 g/mol. The van der Waals surface area contributed by atoms with Gasteiger partial charge in [-0.15, -0.1) is 0 Å². The first-order valence-electron chi connectivity index (χ1n) is 7.75. The van der Waals surface area contributed by atoms with Crippen LogP contribution in [0.4, 0.5) is 0 Å². The molecule has 20 heavy (non-hydrogen) atoms. The maximum atomic E-state index is 12.4. The number of carbonyl (C=O) groups excluding carboxylic acids is 1. The Labute approximate surface area is 116 Å². The summed E-state index contributed by atoms with van der Waals surface area (Å²) in [6, 6.07) is 3.88. The summed E-state index contributed by atoms with van der Waals surface area (Å²) >= 11 is 0. The summed E-state index contributed by atoms with van der Waals surface area (Å²) in [5.41, 5.74) is 2.89. The first-order valence-corrected chi connectivity index (χ1v) is 7.75. The maximum Gasteiger partial charge on any atom is 0.174 e. The molecule has 3 heteroatoms. The van der Waals surface area contributed by atoms with Crippen molar-refractivity contribution in [3.63, 3.8) is 0 Å². The molecule has 5 aliphatic carbocycles. The quantitative estimate of drug-likeness (QED) is 0.786. The largest absolute Gasteiger partial charge is 0.504 e. The van der Waals surface area contributed by atoms with Gasteiger partial charge in [-0.05, 0) is 54.6 Å². The second-order valence-electron chi connectivity index (χ2n) is 7.45. The molecule has 3 saturated carbocycles. The second kappa shape index (κ2) is 2.63. The smallest absolute Gasteiger partial charge is 0.174 e. The number of benzene rings is 1. The number of rotatable bonds is 0. The van der Waals surface area contributed by atoms with Crippen LogP contribution in [-0.2, 0) is 15.6 Å². The molecule has 0 amide bonds. The number of carbonyl (C=O) groups is 1. The third-order valence-corrected chi connectivity index (χ3v) is 7.10. The molecule has 0 saturated heterocycles. The van der Waals surface area contributed by atoms with E-state index in [9.17, 15) is 9.90 Å². The average Bonchev–Trinajstić information content (AvgIpc) is 3.08. The van der Waals surface area contributed by atoms with Crippen LogP contribution in [0.3, 0.4) is 0 Å². The van der Waals surface area contributed by atoms with Gasteiger partial charge in [-0.3, -0.25) is 4.79 Å². The Morgan fingerprint density at radius 2 is 2.15 bits per heavy atom. The Balaban J connectivity index is 1.77. The van der Waals surface area contributed by atoms with Gasteiger partial charge in [0.1, 0.15) is 0 Å². The van der Waals surface area contributed by atoms with E-state index >= 15 is 0 Å². The zero-order chi connectivity index (χ0) is 13.3. The van der Waals surface area contributed by atoms with Gasteiger partial charge in [0.25, 0.3) is 0 Å². The van der Waals surface area contributed by atoms with Crippen molar-refractivity contribution in [2.24, 2.45) is 11.8 Å². The summed E-state index contributed by atoms with van der Waals surface area (Å²) in [5.74, 6) is 2.48. The molecule has 5 atom stereocenters. The van der Waals surface area contributed by atoms with E-state index in [-0.39, 0.29) is 23.1 Å². The van der Waals surface area contributed by atoms with Crippen molar-refractivity contribution in [2.45, 2.75) is 49.0 Å². The van der Waals surface area contributed by atoms with Gasteiger partial charge in [-0.25, -0.2) is 0 Å². The zero-order valence-electron chi connectivity index (χ0n) is 11.2. The van der Waals surface area contributed by atoms with Gasteiger partial charge in [0.15, 0.2) is 23.4 Å². The Hall–Kier alpha value is -1.51. The number of aromatic hydroxyl groups is 1. The first kappa shape index (κ1) is 10.3. The highest BCUT2D eigenvalue weighted by atomic mass is 16.5. The van der Waals surface area contributed by atoms with Crippen molar-refractivity contribution < 1.29 is 14.6 Å². The van der Waals surface area contributed by atoms with E-state index in [1.807, 2.05) is 0 Å². The van der Waals surface area contributed by atoms with Crippen molar-refractivity contribution in [3.05, 3.63) is 23.3 Å². The normalized spacial score (nSPS) is 48.6. The molecule has 1 N–H and O–H groups in total. The number of phenolic OH excluding ortho intramolecular Hbond substituents is 1. The number of hydrogen-bond donors (Lipinski definition) is 1. The first-order chi connectivity index (χ1) is 9.68. The van der Waals surface area contributed by atoms with Gasteiger partial charge in [-0.1, -0.05) is 6.07 Å². The van der Waals surface area contributed by atoms with Crippen LogP contribution in [0.5, 0.6) is 11.5 Å². The van der Waals surface area contributed by atoms with Crippen molar-refractivity contribution in [3.8, 4) is 11.5 Å². The molecule has 1 aromatic rings. The maximum absolute atomic E-state index is 12.4. The molecule has 7 rings (SSSR count). The molecule has 0 radical (unpaired) electrons. The SMILES string of the molecule is O=C1CC[C@H]2[C@@H]3C[C@]34CC[C@@]23c2c4ccc(O)c2OC13. The van der Waals surface area contributed by atoms with Crippen LogP contribution >= 0.6 is 0 Å². The minimum absolute atomic E-state index is 0.0956. The van der Waals surface area contributed by atoms with Gasteiger partial charge < -0.3 is 9.84 Å². The molecular weight excluding hydrogens is 252 g/mol. The minimum atomic E-state index is -0.317. The summed E-state index contributed by atoms with van der Waals surface area (Å²) in [5, 5.41) is 10.2. The van der Waals surface area contributed by atoms with Crippen molar-refractivity contribution in [2.75, 3.05) is 0 Å². The third-order valence-electron chi connectivity index (χ3n) is 7.10. The predicted molar refractivity (Wildman–Crippen MR) is 71.0 cm³/mol. The molecule has 2 bridgehead atoms. The lowest BCUT2D eigenvalue weighted by Crippen LogP contribution is -2.58. The summed E-state index contributed by atoms with van der Waals surface area (Å²) in [4.78, 5) is 12.4. The topological polar surface area (TPSA) is 46.5 Å². The molecule has 0 aromatic heterocycles. The van der Waals surface area contributed by atoms with E-state index < -0.39 is 0 Å². The second-order valence-corrected chi connectivity index (χ2v) is 7.45. The molecule has 3 fully saturated rings. The van der Waals surface area contributed by atoms with E-state index in [1.165, 1.54) is 24.0 Å². The Morgan fingerprint density at radius 3 is 3.05 bits per heavy atom. The highest BCUT2D eigenvalue weighted by Crippen LogP contribution is 2.79. The Kier molecular flexibility index (Phi) is 1.35. The molecular formula is C17H16O3. The van der Waals surface area contributed by atoms with E-state index in [1.54, 1.807) is 6.07 Å². The fraction of sp³-hybridized carbons (Fsp3) is 0.588. The Bertz CT molecular complexity index is 708. The zero-order valence-corrected chi connectivity index (χ0v) is 11.2. The summed E-state index contributed by atoms with van der Waals surface area (Å²) in [6.45, 7) is 0. The molecule has 1 unspecified atom stereocenters. The number of ether oxygens (including phenoxy) is 1. The fourth-order valence-electron chi connectivity index (χ4n) is 6.37. The van der Waals surface area contributed by atoms with E-state index in [0.29, 0.717) is 23.5 Å². The van der Waals surface area contributed by atoms with Gasteiger partial charge in [-0.2, -0.15) is 0 Å². The minimum Gasteiger partial charge on any atom is -0.504 e. The highest BCUT2D eigenvalue weighted by molar-refractivity contribution is 5.89. The number of ketones is 1. The predicted octanol–water partition coefficient (Wildman–Crippen LogP) is 2.44. The van der Waals surface area contributed by atoms with Gasteiger partial charge >= 0.3 is 0 Å². The fourth-order valence-corrected chi connectivity index (χ4v) is 6.37. The molecule has 2 spiro atoms. The van der Waals surface area contributed by atoms with Gasteiger partial charge in [0.05, 0.1) is 0 Å². The summed E-state index contributed by atoms with van der Waals surface area (Å²) in [7, 11) is 0. The van der Waals surface area contributed by atoms with E-state index in [0.717, 1.165) is 18.8 Å². The van der Waals surface area contributed by atoms with Crippen LogP contribution in [0, 0.1) is 11.8 Å². The van der Waals surface area contributed by atoms with Crippen LogP contribution in [0.2, 0.25) is 0 Å². The standard InChI is InChI=1S/C17H16O3/c18-11-3-2-9-13-14(11)20-15-12(19)4-1-8-10-7-16(9,10)5-6-17(8,13)15/h2-3,8,10,15,18H,1,4-7H2/t8-,10-,15?,16-,17-/m0/s1. The summed E-state index contributed by atoms with van der Waals surface area (Å²) in [6.07, 6.45) is 4.94.